The van der Waals surface area contributed by atoms with E-state index in [2.05, 4.69) is 0 Å². The Morgan fingerprint density at radius 3 is 2.13 bits per heavy atom. The fourth-order valence-electron chi connectivity index (χ4n) is 6.98. The van der Waals surface area contributed by atoms with Gasteiger partial charge in [0.1, 0.15) is 0 Å². The number of ether oxygens (including phenoxy) is 1. The van der Waals surface area contributed by atoms with Crippen molar-refractivity contribution in [2.24, 2.45) is 17.8 Å². The van der Waals surface area contributed by atoms with E-state index in [1.165, 1.54) is 26.2 Å². The number of carbonyl (C=O) groups excluding carboxylic acids is 4. The number of halogens is 7. The van der Waals surface area contributed by atoms with Crippen molar-refractivity contribution in [1.29, 1.82) is 0 Å². The van der Waals surface area contributed by atoms with Crippen molar-refractivity contribution in [1.82, 2.24) is 0 Å². The van der Waals surface area contributed by atoms with Crippen molar-refractivity contribution in [3.05, 3.63) is 85.0 Å². The number of ketones is 2. The van der Waals surface area contributed by atoms with E-state index in [1.807, 2.05) is 22.6 Å². The van der Waals surface area contributed by atoms with E-state index >= 15 is 0 Å². The molecule has 0 bridgehead atoms. The summed E-state index contributed by atoms with van der Waals surface area (Å²) in [5.41, 5.74) is -2.82. The van der Waals surface area contributed by atoms with Gasteiger partial charge in [-0.25, -0.2) is 4.90 Å². The minimum absolute atomic E-state index is 0.0746. The molecule has 6 rings (SSSR count). The van der Waals surface area contributed by atoms with Gasteiger partial charge >= 0.3 is 12.4 Å². The normalized spacial score (nSPS) is 24.8. The fraction of sp³-hybridized carbons (Fsp3) is 0.312. The van der Waals surface area contributed by atoms with Crippen LogP contribution in [0.2, 0.25) is 0 Å². The lowest BCUT2D eigenvalue weighted by molar-refractivity contribution is -0.143. The zero-order valence-corrected chi connectivity index (χ0v) is 26.0. The van der Waals surface area contributed by atoms with Gasteiger partial charge in [-0.1, -0.05) is 11.6 Å². The summed E-state index contributed by atoms with van der Waals surface area (Å²) >= 11 is 1.87. The standard InChI is InChI=1S/C32H22F6INO6/c1-12-5-22(41)20-11-19-17(24(26(20)27(12)42)13-6-21(39)28(43)23(7-13)46-2)3-4-18-25(19)30(45)40(29(18)44)16-9-14(31(33,34)35)8-15(10-16)32(36,37)38/h3,5-10,18-19,24-25,43H,4,11H2,1-2H3/t18-,19+,24-,25-/m0/s1. The summed E-state index contributed by atoms with van der Waals surface area (Å²) in [6, 6.07) is 3.66. The largest absolute Gasteiger partial charge is 0.504 e. The SMILES string of the molecule is COc1cc([C@H]2C3=CC[C@@H]4C(=O)N(c5cc(C(F)(F)F)cc(C(F)(F)F)c5)C(=O)[C@@H]4[C@@H]3CC3=C2C(=O)C(C)=CC3=O)cc(I)c1O. The minimum atomic E-state index is -5.20. The first kappa shape index (κ1) is 32.0. The zero-order chi connectivity index (χ0) is 33.6. The van der Waals surface area contributed by atoms with Crippen LogP contribution in [0.3, 0.4) is 0 Å². The van der Waals surface area contributed by atoms with Crippen LogP contribution in [0.4, 0.5) is 32.0 Å². The minimum Gasteiger partial charge on any atom is -0.504 e. The third-order valence-corrected chi connectivity index (χ3v) is 9.82. The third kappa shape index (κ3) is 4.95. The lowest BCUT2D eigenvalue weighted by Crippen LogP contribution is -2.40. The van der Waals surface area contributed by atoms with Crippen LogP contribution < -0.4 is 9.64 Å². The van der Waals surface area contributed by atoms with Crippen molar-refractivity contribution in [2.45, 2.75) is 38.0 Å². The number of benzene rings is 2. The molecule has 2 amide bonds. The highest BCUT2D eigenvalue weighted by atomic mass is 127. The number of fused-ring (bicyclic) bond motifs is 3. The number of alkyl halides is 6. The fourth-order valence-corrected chi connectivity index (χ4v) is 7.60. The molecule has 1 saturated heterocycles. The van der Waals surface area contributed by atoms with Crippen LogP contribution in [0.5, 0.6) is 11.5 Å². The van der Waals surface area contributed by atoms with E-state index in [9.17, 15) is 50.6 Å². The van der Waals surface area contributed by atoms with E-state index in [0.29, 0.717) is 31.7 Å². The molecule has 46 heavy (non-hydrogen) atoms. The second-order valence-electron chi connectivity index (χ2n) is 11.6. The molecule has 240 valence electrons. The second-order valence-corrected chi connectivity index (χ2v) is 12.7. The number of phenolic OH excluding ortho intramolecular Hbond substituents is 1. The molecule has 0 aromatic heterocycles. The summed E-state index contributed by atoms with van der Waals surface area (Å²) in [7, 11) is 1.32. The molecular formula is C32H22F6INO6. The Hall–Kier alpha value is -3.95. The van der Waals surface area contributed by atoms with E-state index in [4.69, 9.17) is 4.74 Å². The molecule has 1 N–H and O–H groups in total. The molecule has 3 aliphatic carbocycles. The molecule has 1 aliphatic heterocycles. The molecule has 2 aromatic rings. The number of hydrogen-bond acceptors (Lipinski definition) is 6. The molecule has 14 heteroatoms. The van der Waals surface area contributed by atoms with Gasteiger partial charge in [-0.3, -0.25) is 19.2 Å². The van der Waals surface area contributed by atoms with Crippen molar-refractivity contribution < 1.29 is 55.4 Å². The molecule has 1 fully saturated rings. The maximum atomic E-state index is 14.0. The molecule has 1 heterocycles. The molecule has 0 spiro atoms. The summed E-state index contributed by atoms with van der Waals surface area (Å²) < 4.78 is 87.5. The average molecular weight is 757 g/mol. The first-order valence-electron chi connectivity index (χ1n) is 13.9. The first-order chi connectivity index (χ1) is 21.4. The topological polar surface area (TPSA) is 101 Å². The highest BCUT2D eigenvalue weighted by Crippen LogP contribution is 2.56. The molecule has 2 aromatic carbocycles. The molecule has 0 radical (unpaired) electrons. The Kier molecular flexibility index (Phi) is 7.52. The van der Waals surface area contributed by atoms with Crippen LogP contribution in [0, 0.1) is 21.3 Å². The molecule has 0 unspecified atom stereocenters. The number of amides is 2. The van der Waals surface area contributed by atoms with Crippen molar-refractivity contribution in [3.8, 4) is 11.5 Å². The Morgan fingerprint density at radius 1 is 0.913 bits per heavy atom. The van der Waals surface area contributed by atoms with Gasteiger partial charge in [-0.05, 0) is 90.2 Å². The van der Waals surface area contributed by atoms with Crippen LogP contribution in [-0.4, -0.2) is 35.6 Å². The number of nitrogens with zero attached hydrogens (tertiary/aromatic N) is 1. The predicted octanol–water partition coefficient (Wildman–Crippen LogP) is 6.68. The quantitative estimate of drug-likeness (QED) is 0.123. The molecule has 7 nitrogen and oxygen atoms in total. The van der Waals surface area contributed by atoms with Gasteiger partial charge in [0, 0.05) is 22.6 Å². The van der Waals surface area contributed by atoms with Gasteiger partial charge in [-0.2, -0.15) is 26.3 Å². The monoisotopic (exact) mass is 757 g/mol. The van der Waals surface area contributed by atoms with Crippen LogP contribution in [0.15, 0.2) is 64.8 Å². The molecule has 0 saturated carbocycles. The number of rotatable bonds is 3. The zero-order valence-electron chi connectivity index (χ0n) is 23.8. The highest BCUT2D eigenvalue weighted by molar-refractivity contribution is 14.1. The van der Waals surface area contributed by atoms with Crippen LogP contribution in [0.25, 0.3) is 0 Å². The number of aromatic hydroxyl groups is 1. The number of hydrogen-bond donors (Lipinski definition) is 1. The number of phenols is 1. The summed E-state index contributed by atoms with van der Waals surface area (Å²) in [5, 5.41) is 10.5. The Bertz CT molecular complexity index is 1820. The van der Waals surface area contributed by atoms with Crippen molar-refractivity contribution >= 4 is 51.7 Å². The summed E-state index contributed by atoms with van der Waals surface area (Å²) in [6.45, 7) is 1.49. The molecule has 4 atom stereocenters. The number of carbonyl (C=O) groups is 4. The van der Waals surface area contributed by atoms with Crippen molar-refractivity contribution in [3.63, 3.8) is 0 Å². The Balaban J connectivity index is 1.49. The van der Waals surface area contributed by atoms with Gasteiger partial charge < -0.3 is 9.84 Å². The average Bonchev–Trinajstić information content (AvgIpc) is 3.24. The number of methoxy groups -OCH3 is 1. The number of allylic oxidation sites excluding steroid dienone is 6. The summed E-state index contributed by atoms with van der Waals surface area (Å²) in [5.74, 6) is -7.13. The number of imide groups is 1. The highest BCUT2D eigenvalue weighted by Gasteiger charge is 2.57. The Labute approximate surface area is 270 Å². The van der Waals surface area contributed by atoms with Crippen LogP contribution in [-0.2, 0) is 31.5 Å². The van der Waals surface area contributed by atoms with Crippen LogP contribution >= 0.6 is 22.6 Å². The van der Waals surface area contributed by atoms with E-state index in [1.54, 1.807) is 12.1 Å². The first-order valence-corrected chi connectivity index (χ1v) is 15.0. The molecular weight excluding hydrogens is 735 g/mol. The smallest absolute Gasteiger partial charge is 0.416 e. The van der Waals surface area contributed by atoms with Crippen molar-refractivity contribution in [2.75, 3.05) is 12.0 Å². The number of anilines is 1. The Morgan fingerprint density at radius 2 is 1.54 bits per heavy atom. The van der Waals surface area contributed by atoms with Gasteiger partial charge in [0.05, 0.1) is 39.3 Å². The summed E-state index contributed by atoms with van der Waals surface area (Å²) in [4.78, 5) is 54.9. The second kappa shape index (κ2) is 10.8. The van der Waals surface area contributed by atoms with Gasteiger partial charge in [-0.15, -0.1) is 0 Å². The summed E-state index contributed by atoms with van der Waals surface area (Å²) in [6.07, 6.45) is -7.83. The van der Waals surface area contributed by atoms with E-state index in [0.717, 1.165) is 0 Å². The van der Waals surface area contributed by atoms with Crippen LogP contribution in [0.1, 0.15) is 42.4 Å². The van der Waals surface area contributed by atoms with Gasteiger partial charge in [0.2, 0.25) is 11.8 Å². The van der Waals surface area contributed by atoms with E-state index in [-0.39, 0.29) is 47.1 Å². The maximum Gasteiger partial charge on any atom is 0.416 e. The lowest BCUT2D eigenvalue weighted by Gasteiger charge is -2.42. The number of Topliss-reactive ketones (excluding diaryl/α,β-unsaturated/α-hetero) is 1. The van der Waals surface area contributed by atoms with E-state index < -0.39 is 76.2 Å². The predicted molar refractivity (Wildman–Crippen MR) is 158 cm³/mol. The lowest BCUT2D eigenvalue weighted by atomic mass is 9.59. The third-order valence-electron chi connectivity index (χ3n) is 9.00. The molecule has 4 aliphatic rings. The van der Waals surface area contributed by atoms with Gasteiger partial charge in [0.25, 0.3) is 0 Å². The maximum absolute atomic E-state index is 14.0. The van der Waals surface area contributed by atoms with Gasteiger partial charge in [0.15, 0.2) is 23.1 Å².